The average Bonchev–Trinajstić information content (AvgIpc) is 3.37. The van der Waals surface area contributed by atoms with E-state index < -0.39 is 5.41 Å². The Morgan fingerprint density at radius 1 is 1.14 bits per heavy atom. The number of benzene rings is 1. The number of anilines is 1. The van der Waals surface area contributed by atoms with Crippen molar-refractivity contribution in [3.8, 4) is 11.6 Å². The lowest BCUT2D eigenvalue weighted by Crippen LogP contribution is -2.37. The molecule has 0 bridgehead atoms. The van der Waals surface area contributed by atoms with E-state index in [1.165, 1.54) is 6.33 Å². The third-order valence-electron chi connectivity index (χ3n) is 5.05. The molecule has 1 saturated carbocycles. The number of hydrogen-bond acceptors (Lipinski definition) is 5. The number of nitrogens with one attached hydrogen (secondary N) is 2. The van der Waals surface area contributed by atoms with Crippen LogP contribution >= 0.6 is 0 Å². The zero-order valence-corrected chi connectivity index (χ0v) is 15.8. The van der Waals surface area contributed by atoms with E-state index >= 15 is 0 Å². The highest BCUT2D eigenvalue weighted by molar-refractivity contribution is 5.92. The number of aromatic nitrogens is 3. The van der Waals surface area contributed by atoms with Crippen LogP contribution in [-0.4, -0.2) is 40.6 Å². The van der Waals surface area contributed by atoms with Gasteiger partial charge in [-0.3, -0.25) is 4.79 Å². The summed E-state index contributed by atoms with van der Waals surface area (Å²) in [7, 11) is 1.64. The minimum Gasteiger partial charge on any atom is -0.496 e. The molecule has 0 spiro atoms. The topological polar surface area (TPSA) is 81.1 Å². The van der Waals surface area contributed by atoms with Crippen molar-refractivity contribution in [2.24, 2.45) is 0 Å². The number of nitrogens with zero attached hydrogens (tertiary/aromatic N) is 3. The van der Waals surface area contributed by atoms with Gasteiger partial charge in [0.15, 0.2) is 0 Å². The second kappa shape index (κ2) is 7.72. The normalized spacial score (nSPS) is 14.3. The van der Waals surface area contributed by atoms with Gasteiger partial charge in [-0.15, -0.1) is 0 Å². The Hall–Kier alpha value is -3.35. The monoisotopic (exact) mass is 377 g/mol. The van der Waals surface area contributed by atoms with Gasteiger partial charge in [-0.05, 0) is 31.0 Å². The Morgan fingerprint density at radius 2 is 1.93 bits per heavy atom. The zero-order valence-electron chi connectivity index (χ0n) is 15.8. The van der Waals surface area contributed by atoms with Gasteiger partial charge >= 0.3 is 0 Å². The maximum Gasteiger partial charge on any atom is 0.230 e. The molecule has 144 valence electrons. The van der Waals surface area contributed by atoms with Gasteiger partial charge in [0, 0.05) is 37.1 Å². The van der Waals surface area contributed by atoms with Gasteiger partial charge in [-0.25, -0.2) is 9.97 Å². The molecule has 2 heterocycles. The molecule has 1 aliphatic rings. The number of carbonyl (C=O) groups is 1. The summed E-state index contributed by atoms with van der Waals surface area (Å²) in [6.45, 7) is 1.09. The molecule has 7 heteroatoms. The summed E-state index contributed by atoms with van der Waals surface area (Å²) in [6.07, 6.45) is 7.08. The molecule has 0 unspecified atom stereocenters. The molecule has 0 atom stereocenters. The van der Waals surface area contributed by atoms with Crippen LogP contribution in [0.3, 0.4) is 0 Å². The molecule has 7 nitrogen and oxygen atoms in total. The van der Waals surface area contributed by atoms with Crippen molar-refractivity contribution >= 4 is 11.7 Å². The van der Waals surface area contributed by atoms with Crippen molar-refractivity contribution in [1.29, 1.82) is 0 Å². The Kier molecular flexibility index (Phi) is 4.97. The first-order valence-corrected chi connectivity index (χ1v) is 9.34. The maximum absolute atomic E-state index is 12.8. The smallest absolute Gasteiger partial charge is 0.230 e. The molecule has 0 radical (unpaired) electrons. The minimum atomic E-state index is -0.455. The predicted molar refractivity (Wildman–Crippen MR) is 107 cm³/mol. The Labute approximate surface area is 163 Å². The van der Waals surface area contributed by atoms with E-state index in [0.29, 0.717) is 13.1 Å². The van der Waals surface area contributed by atoms with Gasteiger partial charge in [0.2, 0.25) is 5.91 Å². The molecule has 3 aromatic rings. The summed E-state index contributed by atoms with van der Waals surface area (Å²) < 4.78 is 7.35. The van der Waals surface area contributed by atoms with Crippen LogP contribution in [0.2, 0.25) is 0 Å². The van der Waals surface area contributed by atoms with Crippen molar-refractivity contribution < 1.29 is 9.53 Å². The second-order valence-electron chi connectivity index (χ2n) is 6.82. The van der Waals surface area contributed by atoms with E-state index in [0.717, 1.165) is 35.8 Å². The predicted octanol–water partition coefficient (Wildman–Crippen LogP) is 2.54. The maximum atomic E-state index is 12.8. The Morgan fingerprint density at radius 3 is 2.68 bits per heavy atom. The first kappa shape index (κ1) is 18.0. The molecular formula is C21H23N5O2. The summed E-state index contributed by atoms with van der Waals surface area (Å²) in [6, 6.07) is 13.5. The highest BCUT2D eigenvalue weighted by Gasteiger charge is 2.52. The quantitative estimate of drug-likeness (QED) is 0.590. The zero-order chi connectivity index (χ0) is 19.4. The van der Waals surface area contributed by atoms with Crippen molar-refractivity contribution in [3.05, 3.63) is 66.7 Å². The van der Waals surface area contributed by atoms with Crippen molar-refractivity contribution in [3.63, 3.8) is 0 Å². The molecule has 1 fully saturated rings. The van der Waals surface area contributed by atoms with Crippen molar-refractivity contribution in [2.45, 2.75) is 18.3 Å². The first-order valence-electron chi connectivity index (χ1n) is 9.34. The van der Waals surface area contributed by atoms with Crippen LogP contribution in [0.4, 0.5) is 5.82 Å². The lowest BCUT2D eigenvalue weighted by atomic mass is 9.94. The van der Waals surface area contributed by atoms with E-state index in [2.05, 4.69) is 20.6 Å². The van der Waals surface area contributed by atoms with Crippen LogP contribution < -0.4 is 15.4 Å². The number of methoxy groups -OCH3 is 1. The summed E-state index contributed by atoms with van der Waals surface area (Å²) in [5.41, 5.74) is 0.512. The van der Waals surface area contributed by atoms with Crippen LogP contribution in [0, 0.1) is 0 Å². The van der Waals surface area contributed by atoms with E-state index in [-0.39, 0.29) is 5.91 Å². The molecule has 2 aromatic heterocycles. The van der Waals surface area contributed by atoms with Gasteiger partial charge in [0.05, 0.1) is 12.5 Å². The first-order chi connectivity index (χ1) is 13.7. The lowest BCUT2D eigenvalue weighted by Gasteiger charge is -2.18. The number of rotatable bonds is 8. The van der Waals surface area contributed by atoms with Crippen molar-refractivity contribution in [1.82, 2.24) is 19.9 Å². The van der Waals surface area contributed by atoms with Crippen molar-refractivity contribution in [2.75, 3.05) is 25.5 Å². The molecule has 28 heavy (non-hydrogen) atoms. The average molecular weight is 377 g/mol. The summed E-state index contributed by atoms with van der Waals surface area (Å²) >= 11 is 0. The second-order valence-corrected chi connectivity index (χ2v) is 6.82. The Balaban J connectivity index is 1.32. The van der Waals surface area contributed by atoms with Gasteiger partial charge in [0.1, 0.15) is 23.7 Å². The molecule has 1 aliphatic carbocycles. The largest absolute Gasteiger partial charge is 0.496 e. The number of amides is 1. The number of ether oxygens (including phenoxy) is 1. The van der Waals surface area contributed by atoms with E-state index in [1.54, 1.807) is 7.11 Å². The molecule has 1 aromatic carbocycles. The molecule has 2 N–H and O–H groups in total. The summed E-state index contributed by atoms with van der Waals surface area (Å²) in [5.74, 6) is 2.33. The fourth-order valence-electron chi connectivity index (χ4n) is 3.39. The van der Waals surface area contributed by atoms with E-state index in [4.69, 9.17) is 4.74 Å². The highest BCUT2D eigenvalue weighted by Crippen LogP contribution is 2.51. The third-order valence-corrected chi connectivity index (χ3v) is 5.05. The minimum absolute atomic E-state index is 0.0505. The van der Waals surface area contributed by atoms with Crippen LogP contribution in [0.1, 0.15) is 18.4 Å². The SMILES string of the molecule is COc1ccccc1C1(C(=O)NCCNc2cc(-n3cccc3)ncn2)CC1. The number of para-hydroxylation sites is 1. The van der Waals surface area contributed by atoms with Crippen LogP contribution in [0.15, 0.2) is 61.2 Å². The Bertz CT molecular complexity index is 951. The third kappa shape index (κ3) is 3.55. The number of carbonyl (C=O) groups excluding carboxylic acids is 1. The molecule has 1 amide bonds. The molecular weight excluding hydrogens is 354 g/mol. The fourth-order valence-corrected chi connectivity index (χ4v) is 3.39. The molecule has 4 rings (SSSR count). The van der Waals surface area contributed by atoms with Gasteiger partial charge < -0.3 is 19.9 Å². The van der Waals surface area contributed by atoms with Crippen LogP contribution in [-0.2, 0) is 10.2 Å². The summed E-state index contributed by atoms with van der Waals surface area (Å²) in [5, 5.41) is 6.27. The lowest BCUT2D eigenvalue weighted by molar-refractivity contribution is -0.123. The van der Waals surface area contributed by atoms with E-state index in [9.17, 15) is 4.79 Å². The van der Waals surface area contributed by atoms with Crippen LogP contribution in [0.25, 0.3) is 5.82 Å². The van der Waals surface area contributed by atoms with Gasteiger partial charge in [0.25, 0.3) is 0 Å². The standard InChI is InChI=1S/C21H23N5O2/c1-28-17-7-3-2-6-16(17)21(8-9-21)20(27)23-11-10-22-18-14-19(25-15-24-18)26-12-4-5-13-26/h2-7,12-15H,8-11H2,1H3,(H,23,27)(H,22,24,25). The number of hydrogen-bond donors (Lipinski definition) is 2. The van der Waals surface area contributed by atoms with Gasteiger partial charge in [-0.2, -0.15) is 0 Å². The van der Waals surface area contributed by atoms with Crippen LogP contribution in [0.5, 0.6) is 5.75 Å². The van der Waals surface area contributed by atoms with E-state index in [1.807, 2.05) is 59.4 Å². The molecule has 0 aliphatic heterocycles. The fraction of sp³-hybridized carbons (Fsp3) is 0.286. The highest BCUT2D eigenvalue weighted by atomic mass is 16.5. The van der Waals surface area contributed by atoms with Gasteiger partial charge in [-0.1, -0.05) is 18.2 Å². The summed E-state index contributed by atoms with van der Waals surface area (Å²) in [4.78, 5) is 21.3. The molecule has 0 saturated heterocycles.